The molecule has 0 aliphatic carbocycles. The molecule has 0 saturated heterocycles. The van der Waals surface area contributed by atoms with Crippen LogP contribution in [0, 0.1) is 0 Å². The molecule has 1 aromatic heterocycles. The predicted octanol–water partition coefficient (Wildman–Crippen LogP) is 12.3. The number of nitrogens with zero attached hydrogens (tertiary/aromatic N) is 1. The molecule has 222 valence electrons. The maximum atomic E-state index is 6.43. The Kier molecular flexibility index (Phi) is 6.29. The third kappa shape index (κ3) is 4.60. The van der Waals surface area contributed by atoms with Crippen LogP contribution in [0.5, 0.6) is 0 Å². The van der Waals surface area contributed by atoms with Gasteiger partial charge in [-0.15, -0.1) is 0 Å². The first-order chi connectivity index (χ1) is 23.2. The van der Waals surface area contributed by atoms with E-state index < -0.39 is 0 Å². The summed E-state index contributed by atoms with van der Waals surface area (Å²) in [5.74, 6) is 0. The quantitative estimate of drug-likeness (QED) is 0.157. The minimum atomic E-state index is 0.715. The van der Waals surface area contributed by atoms with Crippen LogP contribution in [0.4, 0.5) is 22.7 Å². The Bertz CT molecular complexity index is 2580. The van der Waals surface area contributed by atoms with Gasteiger partial charge in [-0.05, 0) is 92.8 Å². The van der Waals surface area contributed by atoms with E-state index in [0.717, 1.165) is 61.3 Å². The molecule has 0 bridgehead atoms. The summed E-state index contributed by atoms with van der Waals surface area (Å²) in [6.45, 7) is 0. The van der Waals surface area contributed by atoms with E-state index in [1.807, 2.05) is 18.2 Å². The van der Waals surface area contributed by atoms with Gasteiger partial charge in [-0.1, -0.05) is 115 Å². The molecule has 0 fully saturated rings. The number of para-hydroxylation sites is 3. The lowest BCUT2D eigenvalue weighted by Crippen LogP contribution is -2.09. The minimum Gasteiger partial charge on any atom is -0.455 e. The maximum Gasteiger partial charge on any atom is 0.143 e. The number of hydrogen-bond donors (Lipinski definition) is 1. The molecule has 1 heterocycles. The van der Waals surface area contributed by atoms with Gasteiger partial charge in [0, 0.05) is 39.1 Å². The average Bonchev–Trinajstić information content (AvgIpc) is 3.52. The summed E-state index contributed by atoms with van der Waals surface area (Å²) in [6, 6.07) is 59.8. The summed E-state index contributed by atoms with van der Waals surface area (Å²) in [4.78, 5) is 2.32. The number of benzene rings is 8. The summed E-state index contributed by atoms with van der Waals surface area (Å²) in [6.07, 6.45) is 0. The monoisotopic (exact) mass is 602 g/mol. The Morgan fingerprint density at radius 1 is 0.404 bits per heavy atom. The molecule has 0 aliphatic rings. The molecule has 0 aliphatic heterocycles. The smallest absolute Gasteiger partial charge is 0.143 e. The molecule has 3 nitrogen and oxygen atoms in total. The highest BCUT2D eigenvalue weighted by molar-refractivity contribution is 6.11. The lowest BCUT2D eigenvalue weighted by atomic mass is 9.92. The highest BCUT2D eigenvalue weighted by Crippen LogP contribution is 2.42. The summed E-state index contributed by atoms with van der Waals surface area (Å²) >= 11 is 0. The van der Waals surface area contributed by atoms with Crippen molar-refractivity contribution in [2.75, 3.05) is 10.6 Å². The van der Waals surface area contributed by atoms with Crippen molar-refractivity contribution in [2.45, 2.75) is 0 Å². The largest absolute Gasteiger partial charge is 0.455 e. The molecular weight excluding hydrogens is 572 g/mol. The molecule has 8 aromatic carbocycles. The highest BCUT2D eigenvalue weighted by atomic mass is 16.3. The van der Waals surface area contributed by atoms with Crippen LogP contribution < -0.4 is 10.6 Å². The van der Waals surface area contributed by atoms with Gasteiger partial charge in [0.05, 0.1) is 0 Å². The summed E-state index contributed by atoms with van der Waals surface area (Å²) < 4.78 is 6.43. The van der Waals surface area contributed by atoms with E-state index in [1.165, 1.54) is 21.5 Å². The van der Waals surface area contributed by atoms with E-state index in [2.05, 4.69) is 157 Å². The molecule has 0 atom stereocenters. The van der Waals surface area contributed by atoms with Crippen molar-refractivity contribution >= 4 is 66.2 Å². The fourth-order valence-electron chi connectivity index (χ4n) is 6.94. The number of fused-ring (bicyclic) bond motifs is 6. The minimum absolute atomic E-state index is 0.715. The van der Waals surface area contributed by atoms with Gasteiger partial charge in [-0.3, -0.25) is 0 Å². The van der Waals surface area contributed by atoms with Gasteiger partial charge in [0.1, 0.15) is 11.2 Å². The van der Waals surface area contributed by atoms with E-state index in [0.29, 0.717) is 5.69 Å². The molecular formula is C44H30N2O. The van der Waals surface area contributed by atoms with Crippen LogP contribution in [0.15, 0.2) is 174 Å². The Hall–Kier alpha value is -6.32. The third-order valence-electron chi connectivity index (χ3n) is 9.18. The molecule has 47 heavy (non-hydrogen) atoms. The van der Waals surface area contributed by atoms with Crippen LogP contribution >= 0.6 is 0 Å². The van der Waals surface area contributed by atoms with Gasteiger partial charge < -0.3 is 15.1 Å². The number of anilines is 4. The Labute approximate surface area is 272 Å². The zero-order valence-electron chi connectivity index (χ0n) is 25.6. The number of hydrogen-bond acceptors (Lipinski definition) is 3. The normalized spacial score (nSPS) is 11.5. The van der Waals surface area contributed by atoms with Crippen LogP contribution in [0.25, 0.3) is 65.7 Å². The van der Waals surface area contributed by atoms with Gasteiger partial charge in [-0.2, -0.15) is 0 Å². The first-order valence-electron chi connectivity index (χ1n) is 15.9. The molecule has 9 rings (SSSR count). The number of rotatable bonds is 5. The summed E-state index contributed by atoms with van der Waals surface area (Å²) in [7, 11) is 0. The topological polar surface area (TPSA) is 42.4 Å². The fraction of sp³-hybridized carbons (Fsp3) is 0. The van der Waals surface area contributed by atoms with Crippen LogP contribution in [-0.4, -0.2) is 0 Å². The molecule has 0 radical (unpaired) electrons. The van der Waals surface area contributed by atoms with Crippen LogP contribution in [0.3, 0.4) is 0 Å². The molecule has 9 aromatic rings. The van der Waals surface area contributed by atoms with Crippen molar-refractivity contribution < 1.29 is 4.42 Å². The SMILES string of the molecule is Nc1ccc(-c2ccc(N(c3ccccc3)c3ccc4ccc5ccccc5c4c3)cc2)c(-c2cccc3c2oc2ccccc23)c1. The lowest BCUT2D eigenvalue weighted by molar-refractivity contribution is 0.670. The Morgan fingerprint density at radius 2 is 1.06 bits per heavy atom. The summed E-state index contributed by atoms with van der Waals surface area (Å²) in [5.41, 5.74) is 16.4. The van der Waals surface area contributed by atoms with Crippen molar-refractivity contribution in [1.29, 1.82) is 0 Å². The molecule has 0 unspecified atom stereocenters. The van der Waals surface area contributed by atoms with Gasteiger partial charge in [0.15, 0.2) is 0 Å². The molecule has 0 amide bonds. The molecule has 3 heteroatoms. The number of nitrogen functional groups attached to an aromatic ring is 1. The molecule has 2 N–H and O–H groups in total. The van der Waals surface area contributed by atoms with E-state index in [-0.39, 0.29) is 0 Å². The van der Waals surface area contributed by atoms with Crippen molar-refractivity contribution in [1.82, 2.24) is 0 Å². The maximum absolute atomic E-state index is 6.43. The van der Waals surface area contributed by atoms with E-state index in [1.54, 1.807) is 0 Å². The zero-order chi connectivity index (χ0) is 31.3. The van der Waals surface area contributed by atoms with Crippen molar-refractivity contribution in [3.8, 4) is 22.3 Å². The number of furan rings is 1. The highest BCUT2D eigenvalue weighted by Gasteiger charge is 2.18. The first-order valence-corrected chi connectivity index (χ1v) is 15.9. The second-order valence-corrected chi connectivity index (χ2v) is 12.0. The Balaban J connectivity index is 1.17. The Morgan fingerprint density at radius 3 is 1.91 bits per heavy atom. The van der Waals surface area contributed by atoms with Crippen LogP contribution in [-0.2, 0) is 0 Å². The second-order valence-electron chi connectivity index (χ2n) is 12.0. The first kappa shape index (κ1) is 27.0. The van der Waals surface area contributed by atoms with Crippen molar-refractivity contribution in [3.05, 3.63) is 170 Å². The van der Waals surface area contributed by atoms with Crippen molar-refractivity contribution in [3.63, 3.8) is 0 Å². The third-order valence-corrected chi connectivity index (χ3v) is 9.18. The van der Waals surface area contributed by atoms with Crippen molar-refractivity contribution in [2.24, 2.45) is 0 Å². The van der Waals surface area contributed by atoms with Crippen LogP contribution in [0.1, 0.15) is 0 Å². The number of nitrogens with two attached hydrogens (primary N) is 1. The van der Waals surface area contributed by atoms with E-state index in [9.17, 15) is 0 Å². The van der Waals surface area contributed by atoms with Gasteiger partial charge >= 0.3 is 0 Å². The summed E-state index contributed by atoms with van der Waals surface area (Å²) in [5, 5.41) is 7.18. The average molecular weight is 603 g/mol. The van der Waals surface area contributed by atoms with Crippen LogP contribution in [0.2, 0.25) is 0 Å². The molecule has 0 saturated carbocycles. The van der Waals surface area contributed by atoms with E-state index >= 15 is 0 Å². The molecule has 0 spiro atoms. The lowest BCUT2D eigenvalue weighted by Gasteiger charge is -2.26. The van der Waals surface area contributed by atoms with E-state index in [4.69, 9.17) is 10.2 Å². The standard InChI is InChI=1S/C44H30N2O/c45-32-22-26-37(42(27-32)40-15-8-14-39-38-13-6-7-16-43(38)47-44(39)40)30-19-23-34(24-20-30)46(33-10-2-1-3-11-33)35-25-21-31-18-17-29-9-4-5-12-36(29)41(31)28-35/h1-28H,45H2. The zero-order valence-corrected chi connectivity index (χ0v) is 25.6. The van der Waals surface area contributed by atoms with Gasteiger partial charge in [0.25, 0.3) is 0 Å². The second kappa shape index (κ2) is 10.9. The fourth-order valence-corrected chi connectivity index (χ4v) is 6.94. The predicted molar refractivity (Wildman–Crippen MR) is 199 cm³/mol. The van der Waals surface area contributed by atoms with Gasteiger partial charge in [0.2, 0.25) is 0 Å². The van der Waals surface area contributed by atoms with Gasteiger partial charge in [-0.25, -0.2) is 0 Å².